The van der Waals surface area contributed by atoms with Crippen molar-refractivity contribution in [3.8, 4) is 5.75 Å². The normalized spacial score (nSPS) is 17.0. The molecule has 1 N–H and O–H groups in total. The van der Waals surface area contributed by atoms with Gasteiger partial charge in [-0.3, -0.25) is 4.90 Å². The maximum atomic E-state index is 5.95. The standard InChI is InChI=1S/C21H37N3O/c1-4-8-21(22-13-16-23(2)3)19-9-11-20(12-10-19)25-18-17-24-14-6-5-7-15-24/h9-12,21-22H,4-8,13-18H2,1-3H3. The number of nitrogens with one attached hydrogen (secondary N) is 1. The zero-order chi connectivity index (χ0) is 17.9. The Hall–Kier alpha value is -1.10. The van der Waals surface area contributed by atoms with E-state index in [1.54, 1.807) is 0 Å². The number of hydrogen-bond acceptors (Lipinski definition) is 4. The van der Waals surface area contributed by atoms with Crippen LogP contribution in [0, 0.1) is 0 Å². The van der Waals surface area contributed by atoms with E-state index in [1.165, 1.54) is 50.8 Å². The van der Waals surface area contributed by atoms with Crippen molar-refractivity contribution in [2.24, 2.45) is 0 Å². The third-order valence-electron chi connectivity index (χ3n) is 4.93. The summed E-state index contributed by atoms with van der Waals surface area (Å²) in [5.74, 6) is 0.990. The molecule has 0 bridgehead atoms. The van der Waals surface area contributed by atoms with Gasteiger partial charge in [0.1, 0.15) is 12.4 Å². The molecule has 1 atom stereocenters. The zero-order valence-electron chi connectivity index (χ0n) is 16.5. The van der Waals surface area contributed by atoms with Gasteiger partial charge in [0.15, 0.2) is 0 Å². The van der Waals surface area contributed by atoms with Gasteiger partial charge in [0.2, 0.25) is 0 Å². The first kappa shape index (κ1) is 20.2. The van der Waals surface area contributed by atoms with Crippen LogP contribution in [0.3, 0.4) is 0 Å². The predicted molar refractivity (Wildman–Crippen MR) is 106 cm³/mol. The largest absolute Gasteiger partial charge is 0.492 e. The molecule has 2 rings (SSSR count). The minimum Gasteiger partial charge on any atom is -0.492 e. The molecule has 0 amide bonds. The predicted octanol–water partition coefficient (Wildman–Crippen LogP) is 3.54. The van der Waals surface area contributed by atoms with E-state index in [2.05, 4.69) is 60.4 Å². The Morgan fingerprint density at radius 1 is 1.12 bits per heavy atom. The number of ether oxygens (including phenoxy) is 1. The second-order valence-corrected chi connectivity index (χ2v) is 7.42. The molecule has 1 saturated heterocycles. The molecule has 0 spiro atoms. The number of nitrogens with zero attached hydrogens (tertiary/aromatic N) is 2. The molecule has 0 aliphatic carbocycles. The van der Waals surface area contributed by atoms with Crippen molar-refractivity contribution in [1.29, 1.82) is 0 Å². The molecule has 1 fully saturated rings. The first-order valence-corrected chi connectivity index (χ1v) is 10.0. The summed E-state index contributed by atoms with van der Waals surface area (Å²) >= 11 is 0. The number of likely N-dealkylation sites (tertiary alicyclic amines) is 1. The summed E-state index contributed by atoms with van der Waals surface area (Å²) in [6, 6.07) is 9.13. The van der Waals surface area contributed by atoms with Gasteiger partial charge in [-0.25, -0.2) is 0 Å². The highest BCUT2D eigenvalue weighted by Gasteiger charge is 2.11. The van der Waals surface area contributed by atoms with Crippen molar-refractivity contribution in [2.75, 3.05) is 53.4 Å². The maximum absolute atomic E-state index is 5.95. The minimum atomic E-state index is 0.437. The number of piperidine rings is 1. The second kappa shape index (κ2) is 11.5. The lowest BCUT2D eigenvalue weighted by Gasteiger charge is -2.26. The summed E-state index contributed by atoms with van der Waals surface area (Å²) in [6.07, 6.45) is 6.43. The third-order valence-corrected chi connectivity index (χ3v) is 4.93. The summed E-state index contributed by atoms with van der Waals surface area (Å²) in [5.41, 5.74) is 1.36. The molecular formula is C21H37N3O. The average Bonchev–Trinajstić information content (AvgIpc) is 2.62. The topological polar surface area (TPSA) is 27.7 Å². The lowest BCUT2D eigenvalue weighted by Crippen LogP contribution is -2.33. The van der Waals surface area contributed by atoms with Crippen LogP contribution in [0.2, 0.25) is 0 Å². The van der Waals surface area contributed by atoms with Crippen molar-refractivity contribution < 1.29 is 4.74 Å². The van der Waals surface area contributed by atoms with Crippen LogP contribution < -0.4 is 10.1 Å². The van der Waals surface area contributed by atoms with E-state index in [0.29, 0.717) is 6.04 Å². The fourth-order valence-corrected chi connectivity index (χ4v) is 3.41. The van der Waals surface area contributed by atoms with Crippen molar-refractivity contribution in [1.82, 2.24) is 15.1 Å². The minimum absolute atomic E-state index is 0.437. The molecule has 0 saturated carbocycles. The van der Waals surface area contributed by atoms with Gasteiger partial charge < -0.3 is 15.0 Å². The Labute approximate surface area is 154 Å². The lowest BCUT2D eigenvalue weighted by atomic mass is 10.0. The fraction of sp³-hybridized carbons (Fsp3) is 0.714. The summed E-state index contributed by atoms with van der Waals surface area (Å²) < 4.78 is 5.95. The monoisotopic (exact) mass is 347 g/mol. The lowest BCUT2D eigenvalue weighted by molar-refractivity contribution is 0.183. The van der Waals surface area contributed by atoms with Crippen molar-refractivity contribution in [3.63, 3.8) is 0 Å². The smallest absolute Gasteiger partial charge is 0.119 e. The highest BCUT2D eigenvalue weighted by molar-refractivity contribution is 5.29. The van der Waals surface area contributed by atoms with Crippen LogP contribution in [0.4, 0.5) is 0 Å². The van der Waals surface area contributed by atoms with E-state index in [1.807, 2.05) is 0 Å². The van der Waals surface area contributed by atoms with Gasteiger partial charge >= 0.3 is 0 Å². The molecule has 1 aromatic carbocycles. The number of hydrogen-bond donors (Lipinski definition) is 1. The van der Waals surface area contributed by atoms with E-state index in [0.717, 1.165) is 32.0 Å². The van der Waals surface area contributed by atoms with Gasteiger partial charge in [0.25, 0.3) is 0 Å². The second-order valence-electron chi connectivity index (χ2n) is 7.42. The van der Waals surface area contributed by atoms with Crippen LogP contribution in [-0.2, 0) is 0 Å². The van der Waals surface area contributed by atoms with Crippen molar-refractivity contribution in [2.45, 2.75) is 45.1 Å². The Morgan fingerprint density at radius 2 is 1.84 bits per heavy atom. The van der Waals surface area contributed by atoms with Gasteiger partial charge in [-0.1, -0.05) is 31.9 Å². The zero-order valence-corrected chi connectivity index (χ0v) is 16.5. The van der Waals surface area contributed by atoms with Crippen molar-refractivity contribution >= 4 is 0 Å². The molecule has 4 nitrogen and oxygen atoms in total. The molecule has 1 heterocycles. The van der Waals surface area contributed by atoms with Crippen LogP contribution in [0.25, 0.3) is 0 Å². The number of rotatable bonds is 11. The summed E-state index contributed by atoms with van der Waals surface area (Å²) in [5, 5.41) is 3.68. The maximum Gasteiger partial charge on any atom is 0.119 e. The average molecular weight is 348 g/mol. The van der Waals surface area contributed by atoms with Gasteiger partial charge in [0, 0.05) is 25.7 Å². The van der Waals surface area contributed by atoms with E-state index in [9.17, 15) is 0 Å². The van der Waals surface area contributed by atoms with Crippen LogP contribution in [0.5, 0.6) is 5.75 Å². The Bertz CT molecular complexity index is 455. The van der Waals surface area contributed by atoms with Crippen LogP contribution in [0.15, 0.2) is 24.3 Å². The molecule has 25 heavy (non-hydrogen) atoms. The highest BCUT2D eigenvalue weighted by atomic mass is 16.5. The highest BCUT2D eigenvalue weighted by Crippen LogP contribution is 2.21. The number of benzene rings is 1. The van der Waals surface area contributed by atoms with Gasteiger partial charge in [0.05, 0.1) is 0 Å². The molecule has 0 aromatic heterocycles. The van der Waals surface area contributed by atoms with E-state index in [-0.39, 0.29) is 0 Å². The Morgan fingerprint density at radius 3 is 2.48 bits per heavy atom. The van der Waals surface area contributed by atoms with Crippen molar-refractivity contribution in [3.05, 3.63) is 29.8 Å². The fourth-order valence-electron chi connectivity index (χ4n) is 3.41. The quantitative estimate of drug-likeness (QED) is 0.662. The van der Waals surface area contributed by atoms with E-state index in [4.69, 9.17) is 4.74 Å². The molecule has 1 aliphatic rings. The molecule has 1 aromatic rings. The van der Waals surface area contributed by atoms with Gasteiger partial charge in [-0.2, -0.15) is 0 Å². The molecular weight excluding hydrogens is 310 g/mol. The third kappa shape index (κ3) is 7.76. The van der Waals surface area contributed by atoms with E-state index < -0.39 is 0 Å². The SMILES string of the molecule is CCCC(NCCN(C)C)c1ccc(OCCN2CCCCC2)cc1. The molecule has 1 unspecified atom stereocenters. The van der Waals surface area contributed by atoms with E-state index >= 15 is 0 Å². The molecule has 4 heteroatoms. The Kier molecular flexibility index (Phi) is 9.30. The molecule has 142 valence electrons. The molecule has 0 radical (unpaired) electrons. The van der Waals surface area contributed by atoms with Crippen LogP contribution in [0.1, 0.15) is 50.6 Å². The summed E-state index contributed by atoms with van der Waals surface area (Å²) in [6.45, 7) is 8.65. The Balaban J connectivity index is 1.77. The summed E-state index contributed by atoms with van der Waals surface area (Å²) in [7, 11) is 4.24. The van der Waals surface area contributed by atoms with Crippen LogP contribution in [-0.4, -0.2) is 63.2 Å². The summed E-state index contributed by atoms with van der Waals surface area (Å²) in [4.78, 5) is 4.74. The first-order valence-electron chi connectivity index (χ1n) is 10.0. The molecule has 1 aliphatic heterocycles. The first-order chi connectivity index (χ1) is 12.2. The van der Waals surface area contributed by atoms with Gasteiger partial charge in [-0.15, -0.1) is 0 Å². The number of likely N-dealkylation sites (N-methyl/N-ethyl adjacent to an activating group) is 1. The van der Waals surface area contributed by atoms with Crippen LogP contribution >= 0.6 is 0 Å². The van der Waals surface area contributed by atoms with Gasteiger partial charge in [-0.05, 0) is 64.1 Å².